The summed E-state index contributed by atoms with van der Waals surface area (Å²) in [5.74, 6) is -0.255. The number of carboxylic acids is 1. The molecule has 9 heteroatoms. The summed E-state index contributed by atoms with van der Waals surface area (Å²) < 4.78 is 12.3. The Labute approximate surface area is 160 Å². The fourth-order valence-corrected chi connectivity index (χ4v) is 2.70. The summed E-state index contributed by atoms with van der Waals surface area (Å²) in [4.78, 5) is 27.4. The summed E-state index contributed by atoms with van der Waals surface area (Å²) in [7, 11) is 3.17. The largest absolute Gasteiger partial charge is 0.497 e. The lowest BCUT2D eigenvalue weighted by atomic mass is 10.2. The van der Waals surface area contributed by atoms with Crippen molar-refractivity contribution in [2.45, 2.75) is 19.5 Å². The minimum Gasteiger partial charge on any atom is -0.497 e. The molecular weight excluding hydrogens is 364 g/mol. The van der Waals surface area contributed by atoms with Crippen molar-refractivity contribution in [2.75, 3.05) is 14.2 Å². The van der Waals surface area contributed by atoms with E-state index in [2.05, 4.69) is 15.4 Å². The molecular formula is C19H20N4O5. The second-order valence-electron chi connectivity index (χ2n) is 6.15. The van der Waals surface area contributed by atoms with Gasteiger partial charge in [-0.2, -0.15) is 5.10 Å². The lowest BCUT2D eigenvalue weighted by Crippen LogP contribution is -2.38. The Morgan fingerprint density at radius 3 is 2.68 bits per heavy atom. The first-order valence-corrected chi connectivity index (χ1v) is 8.49. The van der Waals surface area contributed by atoms with Gasteiger partial charge in [0.25, 0.3) is 5.91 Å². The van der Waals surface area contributed by atoms with Crippen LogP contribution in [0.2, 0.25) is 0 Å². The quantitative estimate of drug-likeness (QED) is 0.637. The second-order valence-corrected chi connectivity index (χ2v) is 6.15. The van der Waals surface area contributed by atoms with Gasteiger partial charge in [0.1, 0.15) is 17.5 Å². The molecule has 9 nitrogen and oxygen atoms in total. The molecule has 0 saturated heterocycles. The van der Waals surface area contributed by atoms with Crippen LogP contribution in [0.1, 0.15) is 22.8 Å². The number of nitrogens with one attached hydrogen (secondary N) is 1. The van der Waals surface area contributed by atoms with Crippen LogP contribution >= 0.6 is 0 Å². The van der Waals surface area contributed by atoms with E-state index in [0.717, 1.165) is 5.56 Å². The number of aromatic nitrogens is 3. The normalized spacial score (nSPS) is 11.8. The molecule has 0 bridgehead atoms. The summed E-state index contributed by atoms with van der Waals surface area (Å²) in [6, 6.07) is 6.15. The van der Waals surface area contributed by atoms with Crippen molar-refractivity contribution in [1.82, 2.24) is 20.1 Å². The highest BCUT2D eigenvalue weighted by molar-refractivity contribution is 5.98. The molecule has 0 spiro atoms. The number of methoxy groups -OCH3 is 2. The first kappa shape index (κ1) is 19.2. The van der Waals surface area contributed by atoms with Crippen LogP contribution in [0.3, 0.4) is 0 Å². The molecule has 1 atom stereocenters. The summed E-state index contributed by atoms with van der Waals surface area (Å²) in [5.41, 5.74) is 1.76. The maximum atomic E-state index is 12.2. The van der Waals surface area contributed by atoms with Gasteiger partial charge in [-0.05, 0) is 25.1 Å². The fourth-order valence-electron chi connectivity index (χ4n) is 2.70. The van der Waals surface area contributed by atoms with E-state index in [-0.39, 0.29) is 5.56 Å². The van der Waals surface area contributed by atoms with Gasteiger partial charge in [-0.15, -0.1) is 0 Å². The highest BCUT2D eigenvalue weighted by atomic mass is 16.5. The van der Waals surface area contributed by atoms with Crippen LogP contribution in [-0.2, 0) is 11.3 Å². The van der Waals surface area contributed by atoms with Crippen molar-refractivity contribution in [2.24, 2.45) is 0 Å². The summed E-state index contributed by atoms with van der Waals surface area (Å²) in [6.45, 7) is 1.82. The molecule has 0 radical (unpaired) electrons. The predicted octanol–water partition coefficient (Wildman–Crippen LogP) is 1.70. The molecule has 2 aromatic heterocycles. The van der Waals surface area contributed by atoms with Gasteiger partial charge in [0.2, 0.25) is 0 Å². The summed E-state index contributed by atoms with van der Waals surface area (Å²) in [6.07, 6.45) is 3.01. The van der Waals surface area contributed by atoms with Crippen molar-refractivity contribution >= 4 is 22.9 Å². The summed E-state index contributed by atoms with van der Waals surface area (Å²) in [5, 5.41) is 16.3. The number of carbonyl (C=O) groups is 2. The molecule has 0 aliphatic heterocycles. The van der Waals surface area contributed by atoms with E-state index in [1.165, 1.54) is 13.1 Å². The number of benzene rings is 1. The number of ether oxygens (including phenoxy) is 2. The van der Waals surface area contributed by atoms with Gasteiger partial charge in [-0.3, -0.25) is 9.59 Å². The maximum absolute atomic E-state index is 12.2. The molecule has 0 saturated carbocycles. The van der Waals surface area contributed by atoms with E-state index in [1.807, 2.05) is 12.1 Å². The molecule has 3 aromatic rings. The Hall–Kier alpha value is -3.62. The Morgan fingerprint density at radius 2 is 2.00 bits per heavy atom. The highest BCUT2D eigenvalue weighted by Gasteiger charge is 2.17. The molecule has 28 heavy (non-hydrogen) atoms. The van der Waals surface area contributed by atoms with Crippen LogP contribution in [-0.4, -0.2) is 52.0 Å². The third-order valence-electron chi connectivity index (χ3n) is 4.27. The number of carbonyl (C=O) groups excluding carboxylic acids is 1. The number of aliphatic carboxylic acids is 1. The topological polar surface area (TPSA) is 116 Å². The van der Waals surface area contributed by atoms with E-state index in [9.17, 15) is 9.59 Å². The molecule has 146 valence electrons. The number of hydrogen-bond acceptors (Lipinski definition) is 6. The monoisotopic (exact) mass is 384 g/mol. The van der Waals surface area contributed by atoms with E-state index in [4.69, 9.17) is 14.6 Å². The zero-order chi connectivity index (χ0) is 20.3. The van der Waals surface area contributed by atoms with Gasteiger partial charge in [0.15, 0.2) is 5.65 Å². The number of amides is 1. The maximum Gasteiger partial charge on any atom is 0.325 e. The van der Waals surface area contributed by atoms with Crippen LogP contribution in [0.5, 0.6) is 11.5 Å². The number of pyridine rings is 1. The van der Waals surface area contributed by atoms with Crippen molar-refractivity contribution in [1.29, 1.82) is 0 Å². The third kappa shape index (κ3) is 3.88. The van der Waals surface area contributed by atoms with Gasteiger partial charge >= 0.3 is 5.97 Å². The van der Waals surface area contributed by atoms with Crippen LogP contribution < -0.4 is 14.8 Å². The Kier molecular flexibility index (Phi) is 5.44. The van der Waals surface area contributed by atoms with Crippen LogP contribution in [0.15, 0.2) is 36.7 Å². The number of carboxylic acid groups (broad SMARTS) is 1. The molecule has 3 rings (SSSR count). The Balaban J connectivity index is 1.85. The minimum atomic E-state index is -1.11. The average molecular weight is 384 g/mol. The average Bonchev–Trinajstić information content (AvgIpc) is 3.10. The van der Waals surface area contributed by atoms with Gasteiger partial charge in [0.05, 0.1) is 32.5 Å². The van der Waals surface area contributed by atoms with E-state index in [1.54, 1.807) is 37.2 Å². The highest BCUT2D eigenvalue weighted by Crippen LogP contribution is 2.26. The molecule has 1 aromatic carbocycles. The number of nitrogens with zero attached hydrogens (tertiary/aromatic N) is 3. The second kappa shape index (κ2) is 7.95. The number of fused-ring (bicyclic) bond motifs is 1. The lowest BCUT2D eigenvalue weighted by molar-refractivity contribution is -0.138. The summed E-state index contributed by atoms with van der Waals surface area (Å²) >= 11 is 0. The molecule has 1 amide bonds. The van der Waals surface area contributed by atoms with E-state index < -0.39 is 17.9 Å². The zero-order valence-electron chi connectivity index (χ0n) is 15.7. The van der Waals surface area contributed by atoms with Crippen molar-refractivity contribution < 1.29 is 24.2 Å². The van der Waals surface area contributed by atoms with Gasteiger partial charge < -0.3 is 19.9 Å². The molecule has 2 N–H and O–H groups in total. The lowest BCUT2D eigenvalue weighted by Gasteiger charge is -2.11. The fraction of sp³-hybridized carbons (Fsp3) is 0.263. The van der Waals surface area contributed by atoms with Gasteiger partial charge in [-0.1, -0.05) is 0 Å². The number of hydrogen-bond donors (Lipinski definition) is 2. The molecule has 2 heterocycles. The van der Waals surface area contributed by atoms with Crippen LogP contribution in [0, 0.1) is 0 Å². The van der Waals surface area contributed by atoms with Gasteiger partial charge in [0, 0.05) is 23.2 Å². The van der Waals surface area contributed by atoms with Crippen molar-refractivity contribution in [3.8, 4) is 11.5 Å². The Morgan fingerprint density at radius 1 is 1.21 bits per heavy atom. The first-order valence-electron chi connectivity index (χ1n) is 8.49. The molecule has 0 aliphatic rings. The van der Waals surface area contributed by atoms with Gasteiger partial charge in [-0.25, -0.2) is 9.67 Å². The van der Waals surface area contributed by atoms with Crippen molar-refractivity contribution in [3.63, 3.8) is 0 Å². The number of rotatable bonds is 7. The third-order valence-corrected chi connectivity index (χ3v) is 4.27. The van der Waals surface area contributed by atoms with E-state index >= 15 is 0 Å². The Bertz CT molecular complexity index is 1030. The SMILES string of the molecule is COc1ccc(Cn2ncc3cc(C(=O)N[C@@H](C)C(=O)O)cnc32)c(OC)c1. The smallest absolute Gasteiger partial charge is 0.325 e. The van der Waals surface area contributed by atoms with E-state index in [0.29, 0.717) is 29.1 Å². The predicted molar refractivity (Wildman–Crippen MR) is 101 cm³/mol. The molecule has 0 aliphatic carbocycles. The molecule has 0 unspecified atom stereocenters. The first-order chi connectivity index (χ1) is 13.4. The van der Waals surface area contributed by atoms with Crippen LogP contribution in [0.4, 0.5) is 0 Å². The van der Waals surface area contributed by atoms with Crippen LogP contribution in [0.25, 0.3) is 11.0 Å². The zero-order valence-corrected chi connectivity index (χ0v) is 15.7. The standard InChI is InChI=1S/C19H20N4O5/c1-11(19(25)26)22-18(24)14-6-13-9-21-23(17(13)20-8-14)10-12-4-5-15(27-2)7-16(12)28-3/h4-9,11H,10H2,1-3H3,(H,22,24)(H,25,26)/t11-/m0/s1. The van der Waals surface area contributed by atoms with Crippen molar-refractivity contribution in [3.05, 3.63) is 47.8 Å². The molecule has 0 fully saturated rings. The minimum absolute atomic E-state index is 0.266.